The van der Waals surface area contributed by atoms with Crippen molar-refractivity contribution in [3.8, 4) is 0 Å². The van der Waals surface area contributed by atoms with Crippen molar-refractivity contribution in [3.63, 3.8) is 0 Å². The fourth-order valence-corrected chi connectivity index (χ4v) is 3.86. The number of hydrogen-bond acceptors (Lipinski definition) is 4. The van der Waals surface area contributed by atoms with E-state index in [9.17, 15) is 8.42 Å². The highest BCUT2D eigenvalue weighted by Crippen LogP contribution is 2.27. The summed E-state index contributed by atoms with van der Waals surface area (Å²) in [5.74, 6) is 0.765. The Bertz CT molecular complexity index is 580. The molecule has 1 aromatic carbocycles. The maximum absolute atomic E-state index is 11.3. The van der Waals surface area contributed by atoms with Gasteiger partial charge >= 0.3 is 0 Å². The quantitative estimate of drug-likeness (QED) is 0.849. The van der Waals surface area contributed by atoms with Gasteiger partial charge in [-0.15, -0.1) is 0 Å². The van der Waals surface area contributed by atoms with Crippen molar-refractivity contribution in [1.82, 2.24) is 10.2 Å². The second-order valence-electron chi connectivity index (χ2n) is 5.82. The molecule has 0 aliphatic carbocycles. The normalized spacial score (nSPS) is 29.6. The Morgan fingerprint density at radius 1 is 1.30 bits per heavy atom. The summed E-state index contributed by atoms with van der Waals surface area (Å²) in [7, 11) is -3.61. The molecule has 3 aliphatic rings. The van der Waals surface area contributed by atoms with Gasteiger partial charge in [0.15, 0.2) is 0 Å². The van der Waals surface area contributed by atoms with Gasteiger partial charge in [-0.05, 0) is 49.5 Å². The Balaban J connectivity index is 1.64. The van der Waals surface area contributed by atoms with Crippen LogP contribution in [-0.2, 0) is 16.6 Å². The third-order valence-corrected chi connectivity index (χ3v) is 5.36. The van der Waals surface area contributed by atoms with Crippen LogP contribution >= 0.6 is 0 Å². The van der Waals surface area contributed by atoms with Crippen LogP contribution < -0.4 is 10.5 Å². The molecule has 1 atom stereocenters. The average molecular weight is 295 g/mol. The van der Waals surface area contributed by atoms with Gasteiger partial charge in [-0.2, -0.15) is 0 Å². The summed E-state index contributed by atoms with van der Waals surface area (Å²) >= 11 is 0. The Labute approximate surface area is 120 Å². The lowest BCUT2D eigenvalue weighted by molar-refractivity contribution is 0.0720. The molecule has 3 heterocycles. The minimum atomic E-state index is -3.61. The summed E-state index contributed by atoms with van der Waals surface area (Å²) in [5, 5.41) is 8.73. The molecular weight excluding hydrogens is 274 g/mol. The smallest absolute Gasteiger partial charge is 0.238 e. The average Bonchev–Trinajstić information content (AvgIpc) is 2.46. The summed E-state index contributed by atoms with van der Waals surface area (Å²) in [4.78, 5) is 2.68. The molecule has 1 unspecified atom stereocenters. The topological polar surface area (TPSA) is 75.4 Å². The number of primary sulfonamides is 1. The van der Waals surface area contributed by atoms with Crippen LogP contribution in [0.3, 0.4) is 0 Å². The predicted molar refractivity (Wildman–Crippen MR) is 77.6 cm³/mol. The largest absolute Gasteiger partial charge is 0.308 e. The second-order valence-corrected chi connectivity index (χ2v) is 7.38. The molecular formula is C14H21N3O2S. The number of nitrogens with one attached hydrogen (secondary N) is 1. The van der Waals surface area contributed by atoms with Crippen LogP contribution in [0.4, 0.5) is 0 Å². The lowest BCUT2D eigenvalue weighted by Crippen LogP contribution is -2.55. The zero-order valence-corrected chi connectivity index (χ0v) is 12.3. The van der Waals surface area contributed by atoms with Crippen molar-refractivity contribution in [2.24, 2.45) is 11.1 Å². The van der Waals surface area contributed by atoms with Gasteiger partial charge in [0, 0.05) is 19.1 Å². The van der Waals surface area contributed by atoms with E-state index in [0.29, 0.717) is 12.6 Å². The van der Waals surface area contributed by atoms with E-state index < -0.39 is 10.0 Å². The third kappa shape index (κ3) is 3.03. The Kier molecular flexibility index (Phi) is 3.81. The minimum absolute atomic E-state index is 0.186. The van der Waals surface area contributed by atoms with Crippen molar-refractivity contribution in [3.05, 3.63) is 29.8 Å². The molecule has 0 radical (unpaired) electrons. The van der Waals surface area contributed by atoms with Crippen LogP contribution in [0.25, 0.3) is 0 Å². The molecule has 5 nitrogen and oxygen atoms in total. The molecule has 0 amide bonds. The molecule has 0 spiro atoms. The molecule has 3 N–H and O–H groups in total. The molecule has 4 rings (SSSR count). The summed E-state index contributed by atoms with van der Waals surface area (Å²) in [6.45, 7) is 4.26. The van der Waals surface area contributed by atoms with Gasteiger partial charge in [0.2, 0.25) is 10.0 Å². The van der Waals surface area contributed by atoms with Gasteiger partial charge in [-0.25, -0.2) is 13.6 Å². The number of nitrogens with zero attached hydrogens (tertiary/aromatic N) is 1. The molecule has 0 aromatic heterocycles. The number of piperidine rings is 3. The molecule has 3 saturated heterocycles. The van der Waals surface area contributed by atoms with Crippen LogP contribution in [-0.4, -0.2) is 39.0 Å². The number of fused-ring (bicyclic) bond motifs is 3. The first-order chi connectivity index (χ1) is 9.52. The number of nitrogens with two attached hydrogens (primary N) is 1. The summed E-state index contributed by atoms with van der Waals surface area (Å²) < 4.78 is 22.7. The second kappa shape index (κ2) is 5.44. The Morgan fingerprint density at radius 2 is 2.05 bits per heavy atom. The zero-order valence-electron chi connectivity index (χ0n) is 11.5. The fraction of sp³-hybridized carbons (Fsp3) is 0.571. The van der Waals surface area contributed by atoms with Gasteiger partial charge in [-0.1, -0.05) is 12.1 Å². The number of rotatable bonds is 4. The highest BCUT2D eigenvalue weighted by molar-refractivity contribution is 7.89. The first-order valence-electron chi connectivity index (χ1n) is 7.10. The van der Waals surface area contributed by atoms with Crippen LogP contribution in [0.5, 0.6) is 0 Å². The Hall–Kier alpha value is -0.950. The van der Waals surface area contributed by atoms with Crippen LogP contribution in [0.2, 0.25) is 0 Å². The van der Waals surface area contributed by atoms with Crippen molar-refractivity contribution < 1.29 is 8.42 Å². The molecule has 1 aromatic rings. The molecule has 20 heavy (non-hydrogen) atoms. The molecule has 0 saturated carbocycles. The molecule has 2 bridgehead atoms. The van der Waals surface area contributed by atoms with Crippen molar-refractivity contribution in [1.29, 1.82) is 0 Å². The summed E-state index contributed by atoms with van der Waals surface area (Å²) in [6.07, 6.45) is 2.55. The van der Waals surface area contributed by atoms with E-state index in [1.165, 1.54) is 32.0 Å². The first kappa shape index (κ1) is 14.0. The first-order valence-corrected chi connectivity index (χ1v) is 8.64. The number of benzene rings is 1. The van der Waals surface area contributed by atoms with E-state index in [1.54, 1.807) is 12.1 Å². The standard InChI is InChI=1S/C14H21N3O2S/c15-20(18,19)13-3-1-2-11(8-13)9-16-14-10-17-6-4-12(14)5-7-17/h1-3,8,12,14,16H,4-7,9-10H2,(H2,15,18,19). The van der Waals surface area contributed by atoms with Gasteiger partial charge in [0.1, 0.15) is 0 Å². The van der Waals surface area contributed by atoms with Crippen molar-refractivity contribution in [2.45, 2.75) is 30.3 Å². The van der Waals surface area contributed by atoms with Crippen LogP contribution in [0.1, 0.15) is 18.4 Å². The molecule has 3 fully saturated rings. The van der Waals surface area contributed by atoms with Gasteiger partial charge < -0.3 is 10.2 Å². The fourth-order valence-electron chi connectivity index (χ4n) is 3.28. The lowest BCUT2D eigenvalue weighted by Gasteiger charge is -2.45. The Morgan fingerprint density at radius 3 is 2.65 bits per heavy atom. The molecule has 3 aliphatic heterocycles. The third-order valence-electron chi connectivity index (χ3n) is 4.45. The zero-order chi connectivity index (χ0) is 14.2. The van der Waals surface area contributed by atoms with Gasteiger partial charge in [0.05, 0.1) is 4.90 Å². The van der Waals surface area contributed by atoms with E-state index in [1.807, 2.05) is 6.07 Å². The lowest BCUT2D eigenvalue weighted by atomic mass is 9.84. The number of hydrogen-bond donors (Lipinski definition) is 2. The van der Waals surface area contributed by atoms with E-state index in [2.05, 4.69) is 10.2 Å². The SMILES string of the molecule is NS(=O)(=O)c1cccc(CNC2CN3CCC2CC3)c1. The van der Waals surface area contributed by atoms with E-state index in [-0.39, 0.29) is 4.90 Å². The highest BCUT2D eigenvalue weighted by Gasteiger charge is 2.33. The molecule has 110 valence electrons. The van der Waals surface area contributed by atoms with Crippen LogP contribution in [0.15, 0.2) is 29.2 Å². The van der Waals surface area contributed by atoms with E-state index in [4.69, 9.17) is 5.14 Å². The van der Waals surface area contributed by atoms with Crippen molar-refractivity contribution in [2.75, 3.05) is 19.6 Å². The summed E-state index contributed by atoms with van der Waals surface area (Å²) in [5.41, 5.74) is 0.966. The maximum Gasteiger partial charge on any atom is 0.238 e. The van der Waals surface area contributed by atoms with Gasteiger partial charge in [0.25, 0.3) is 0 Å². The van der Waals surface area contributed by atoms with Gasteiger partial charge in [-0.3, -0.25) is 0 Å². The van der Waals surface area contributed by atoms with Crippen molar-refractivity contribution >= 4 is 10.0 Å². The predicted octanol–water partition coefficient (Wildman–Crippen LogP) is 0.518. The van der Waals surface area contributed by atoms with E-state index in [0.717, 1.165) is 18.0 Å². The summed E-state index contributed by atoms with van der Waals surface area (Å²) in [6, 6.07) is 7.39. The molecule has 6 heteroatoms. The van der Waals surface area contributed by atoms with E-state index >= 15 is 0 Å². The monoisotopic (exact) mass is 295 g/mol. The number of sulfonamides is 1. The highest BCUT2D eigenvalue weighted by atomic mass is 32.2. The minimum Gasteiger partial charge on any atom is -0.308 e. The van der Waals surface area contributed by atoms with Crippen LogP contribution in [0, 0.1) is 5.92 Å². The maximum atomic E-state index is 11.3.